The Hall–Kier alpha value is -1.93. The van der Waals surface area contributed by atoms with Gasteiger partial charge < -0.3 is 9.15 Å². The van der Waals surface area contributed by atoms with Crippen molar-refractivity contribution in [3.63, 3.8) is 0 Å². The molecule has 1 aromatic heterocycles. The fourth-order valence-corrected chi connectivity index (χ4v) is 3.63. The predicted molar refractivity (Wildman–Crippen MR) is 84.7 cm³/mol. The van der Waals surface area contributed by atoms with Crippen molar-refractivity contribution >= 4 is 10.0 Å². The van der Waals surface area contributed by atoms with Gasteiger partial charge >= 0.3 is 0 Å². The number of nitrogens with zero attached hydrogens (tertiary/aromatic N) is 3. The maximum atomic E-state index is 11.7. The molecule has 0 aliphatic carbocycles. The van der Waals surface area contributed by atoms with Gasteiger partial charge in [0, 0.05) is 18.7 Å². The van der Waals surface area contributed by atoms with Crippen LogP contribution in [-0.4, -0.2) is 49.4 Å². The molecule has 1 saturated heterocycles. The first-order valence-electron chi connectivity index (χ1n) is 7.40. The van der Waals surface area contributed by atoms with Gasteiger partial charge in [0.1, 0.15) is 5.75 Å². The molecule has 0 saturated carbocycles. The van der Waals surface area contributed by atoms with Crippen LogP contribution in [0, 0.1) is 0 Å². The number of piperidine rings is 1. The molecular formula is C15H19N3O4S. The molecule has 1 fully saturated rings. The highest BCUT2D eigenvalue weighted by Gasteiger charge is 2.30. The van der Waals surface area contributed by atoms with Crippen LogP contribution in [0.1, 0.15) is 24.7 Å². The number of hydrogen-bond donors (Lipinski definition) is 0. The summed E-state index contributed by atoms with van der Waals surface area (Å²) in [6, 6.07) is 7.38. The minimum absolute atomic E-state index is 0.0645. The van der Waals surface area contributed by atoms with Gasteiger partial charge in [-0.3, -0.25) is 0 Å². The van der Waals surface area contributed by atoms with Crippen molar-refractivity contribution < 1.29 is 17.6 Å². The highest BCUT2D eigenvalue weighted by atomic mass is 32.2. The average Bonchev–Trinajstić information content (AvgIpc) is 3.04. The molecule has 0 N–H and O–H groups in total. The summed E-state index contributed by atoms with van der Waals surface area (Å²) in [4.78, 5) is 0. The van der Waals surface area contributed by atoms with Gasteiger partial charge in [-0.1, -0.05) is 6.07 Å². The number of hydrogen-bond acceptors (Lipinski definition) is 6. The van der Waals surface area contributed by atoms with Crippen molar-refractivity contribution in [2.75, 3.05) is 26.5 Å². The topological polar surface area (TPSA) is 85.5 Å². The fraction of sp³-hybridized carbons (Fsp3) is 0.467. The summed E-state index contributed by atoms with van der Waals surface area (Å²) in [6.45, 7) is 0.935. The van der Waals surface area contributed by atoms with Gasteiger partial charge in [-0.05, 0) is 31.0 Å². The van der Waals surface area contributed by atoms with Gasteiger partial charge in [0.05, 0.1) is 19.3 Å². The van der Waals surface area contributed by atoms with Crippen molar-refractivity contribution in [3.8, 4) is 17.2 Å². The summed E-state index contributed by atoms with van der Waals surface area (Å²) in [5.74, 6) is 1.54. The number of sulfonamides is 1. The Bertz CT molecular complexity index is 788. The summed E-state index contributed by atoms with van der Waals surface area (Å²) in [7, 11) is -1.60. The van der Waals surface area contributed by atoms with Gasteiger partial charge in [-0.25, -0.2) is 12.7 Å². The minimum Gasteiger partial charge on any atom is -0.497 e. The SMILES string of the molecule is COc1cccc(-c2nnc([C@H]3CCCN(S(C)(=O)=O)C3)o2)c1. The van der Waals surface area contributed by atoms with Gasteiger partial charge in [0.15, 0.2) is 0 Å². The largest absolute Gasteiger partial charge is 0.497 e. The highest BCUT2D eigenvalue weighted by Crippen LogP contribution is 2.30. The van der Waals surface area contributed by atoms with E-state index < -0.39 is 10.0 Å². The molecule has 1 aliphatic heterocycles. The Labute approximate surface area is 135 Å². The second-order valence-corrected chi connectivity index (χ2v) is 7.62. The van der Waals surface area contributed by atoms with E-state index in [0.717, 1.165) is 18.4 Å². The third-order valence-corrected chi connectivity index (χ3v) is 5.23. The first-order valence-corrected chi connectivity index (χ1v) is 9.25. The molecule has 7 nitrogen and oxygen atoms in total. The van der Waals surface area contributed by atoms with Crippen LogP contribution in [0.15, 0.2) is 28.7 Å². The van der Waals surface area contributed by atoms with E-state index in [1.54, 1.807) is 7.11 Å². The van der Waals surface area contributed by atoms with Crippen molar-refractivity contribution in [3.05, 3.63) is 30.2 Å². The molecule has 124 valence electrons. The molecule has 0 bridgehead atoms. The number of methoxy groups -OCH3 is 1. The zero-order valence-electron chi connectivity index (χ0n) is 13.1. The Morgan fingerprint density at radius 1 is 1.35 bits per heavy atom. The van der Waals surface area contributed by atoms with Crippen LogP contribution < -0.4 is 4.74 Å². The molecule has 0 spiro atoms. The maximum Gasteiger partial charge on any atom is 0.247 e. The summed E-state index contributed by atoms with van der Waals surface area (Å²) in [5, 5.41) is 8.19. The van der Waals surface area contributed by atoms with Crippen molar-refractivity contribution in [2.45, 2.75) is 18.8 Å². The molecule has 8 heteroatoms. The fourth-order valence-electron chi connectivity index (χ4n) is 2.72. The second-order valence-electron chi connectivity index (χ2n) is 5.64. The second kappa shape index (κ2) is 6.29. The van der Waals surface area contributed by atoms with E-state index in [2.05, 4.69) is 10.2 Å². The predicted octanol–water partition coefficient (Wildman–Crippen LogP) is 1.88. The molecule has 2 aromatic rings. The van der Waals surface area contributed by atoms with Crippen LogP contribution in [0.4, 0.5) is 0 Å². The number of rotatable bonds is 4. The summed E-state index contributed by atoms with van der Waals surface area (Å²) < 4.78 is 35.8. The van der Waals surface area contributed by atoms with Gasteiger partial charge in [-0.2, -0.15) is 0 Å². The lowest BCUT2D eigenvalue weighted by Crippen LogP contribution is -2.38. The Morgan fingerprint density at radius 3 is 2.91 bits per heavy atom. The first kappa shape index (κ1) is 15.9. The van der Waals surface area contributed by atoms with Crippen LogP contribution in [-0.2, 0) is 10.0 Å². The van der Waals surface area contributed by atoms with Gasteiger partial charge in [-0.15, -0.1) is 10.2 Å². The molecule has 3 rings (SSSR count). The maximum absolute atomic E-state index is 11.7. The average molecular weight is 337 g/mol. The summed E-state index contributed by atoms with van der Waals surface area (Å²) >= 11 is 0. The van der Waals surface area contributed by atoms with E-state index in [1.807, 2.05) is 24.3 Å². The quantitative estimate of drug-likeness (QED) is 0.847. The lowest BCUT2D eigenvalue weighted by molar-refractivity contribution is 0.287. The molecule has 1 atom stereocenters. The standard InChI is InChI=1S/C15H19N3O4S/c1-21-13-7-3-5-11(9-13)14-16-17-15(22-14)12-6-4-8-18(10-12)23(2,19)20/h3,5,7,9,12H,4,6,8,10H2,1-2H3/t12-/m0/s1. The molecule has 0 radical (unpaired) electrons. The lowest BCUT2D eigenvalue weighted by atomic mass is 10.00. The van der Waals surface area contributed by atoms with E-state index in [9.17, 15) is 8.42 Å². The third kappa shape index (κ3) is 3.53. The highest BCUT2D eigenvalue weighted by molar-refractivity contribution is 7.88. The van der Waals surface area contributed by atoms with E-state index in [4.69, 9.17) is 9.15 Å². The number of ether oxygens (including phenoxy) is 1. The Morgan fingerprint density at radius 2 is 2.17 bits per heavy atom. The first-order chi connectivity index (χ1) is 11.0. The molecule has 2 heterocycles. The smallest absolute Gasteiger partial charge is 0.247 e. The Kier molecular flexibility index (Phi) is 4.36. The number of benzene rings is 1. The van der Waals surface area contributed by atoms with Crippen LogP contribution in [0.25, 0.3) is 11.5 Å². The molecular weight excluding hydrogens is 318 g/mol. The van der Waals surface area contributed by atoms with Crippen LogP contribution in [0.5, 0.6) is 5.75 Å². The summed E-state index contributed by atoms with van der Waals surface area (Å²) in [6.07, 6.45) is 2.85. The molecule has 23 heavy (non-hydrogen) atoms. The van der Waals surface area contributed by atoms with E-state index in [1.165, 1.54) is 10.6 Å². The Balaban J connectivity index is 1.81. The lowest BCUT2D eigenvalue weighted by Gasteiger charge is -2.28. The monoisotopic (exact) mass is 337 g/mol. The zero-order chi connectivity index (χ0) is 16.4. The van der Waals surface area contributed by atoms with E-state index in [0.29, 0.717) is 30.6 Å². The summed E-state index contributed by atoms with van der Waals surface area (Å²) in [5.41, 5.74) is 0.777. The van der Waals surface area contributed by atoms with E-state index in [-0.39, 0.29) is 5.92 Å². The van der Waals surface area contributed by atoms with E-state index >= 15 is 0 Å². The van der Waals surface area contributed by atoms with Crippen LogP contribution in [0.2, 0.25) is 0 Å². The molecule has 0 amide bonds. The minimum atomic E-state index is -3.19. The normalized spacial score (nSPS) is 19.7. The van der Waals surface area contributed by atoms with Crippen molar-refractivity contribution in [2.24, 2.45) is 0 Å². The van der Waals surface area contributed by atoms with Crippen molar-refractivity contribution in [1.29, 1.82) is 0 Å². The molecule has 1 aliphatic rings. The van der Waals surface area contributed by atoms with Gasteiger partial charge in [0.25, 0.3) is 0 Å². The van der Waals surface area contributed by atoms with Gasteiger partial charge in [0.2, 0.25) is 21.8 Å². The van der Waals surface area contributed by atoms with Crippen LogP contribution in [0.3, 0.4) is 0 Å². The van der Waals surface area contributed by atoms with Crippen LogP contribution >= 0.6 is 0 Å². The third-order valence-electron chi connectivity index (χ3n) is 3.96. The molecule has 0 unspecified atom stereocenters. The van der Waals surface area contributed by atoms with Crippen molar-refractivity contribution in [1.82, 2.24) is 14.5 Å². The number of aromatic nitrogens is 2. The molecule has 1 aromatic carbocycles. The zero-order valence-corrected chi connectivity index (χ0v) is 13.9.